The first-order chi connectivity index (χ1) is 15.2. The molecule has 5 nitrogen and oxygen atoms in total. The van der Waals surface area contributed by atoms with Crippen LogP contribution in [0.5, 0.6) is 0 Å². The fourth-order valence-electron chi connectivity index (χ4n) is 5.36. The molecule has 0 aliphatic carbocycles. The van der Waals surface area contributed by atoms with Gasteiger partial charge in [-0.25, -0.2) is 0 Å². The number of nitrogens with one attached hydrogen (secondary N) is 2. The minimum atomic E-state index is -0.00298. The number of fused-ring (bicyclic) bond motifs is 1. The molecule has 31 heavy (non-hydrogen) atoms. The van der Waals surface area contributed by atoms with Gasteiger partial charge >= 0.3 is 0 Å². The third-order valence-corrected chi connectivity index (χ3v) is 6.97. The number of piperidine rings is 1. The molecule has 2 heterocycles. The summed E-state index contributed by atoms with van der Waals surface area (Å²) in [5.41, 5.74) is 1.31. The summed E-state index contributed by atoms with van der Waals surface area (Å²) < 4.78 is 0. The van der Waals surface area contributed by atoms with Crippen LogP contribution in [-0.2, 0) is 11.3 Å². The number of likely N-dealkylation sites (N-methyl/N-ethyl adjacent to an activating group) is 1. The minimum absolute atomic E-state index is 0.00298. The average molecular weight is 423 g/mol. The summed E-state index contributed by atoms with van der Waals surface area (Å²) >= 11 is 0. The molecule has 0 unspecified atom stereocenters. The third kappa shape index (κ3) is 5.46. The van der Waals surface area contributed by atoms with E-state index in [0.717, 1.165) is 32.6 Å². The summed E-state index contributed by atoms with van der Waals surface area (Å²) in [6.07, 6.45) is 4.46. The number of nitrogens with zero attached hydrogens (tertiary/aromatic N) is 2. The quantitative estimate of drug-likeness (QED) is 0.685. The van der Waals surface area contributed by atoms with Crippen LogP contribution in [0.3, 0.4) is 0 Å². The summed E-state index contributed by atoms with van der Waals surface area (Å²) in [4.78, 5) is 17.9. The molecule has 0 aromatic heterocycles. The maximum atomic E-state index is 12.8. The van der Waals surface area contributed by atoms with Crippen molar-refractivity contribution in [2.24, 2.45) is 0 Å². The number of amides is 1. The molecule has 0 bridgehead atoms. The number of benzene rings is 2. The Bertz CT molecular complexity index is 861. The van der Waals surface area contributed by atoms with E-state index >= 15 is 0 Å². The molecule has 2 N–H and O–H groups in total. The average Bonchev–Trinajstić information content (AvgIpc) is 3.23. The molecule has 2 aliphatic heterocycles. The smallest absolute Gasteiger partial charge is 0.237 e. The number of rotatable bonds is 8. The van der Waals surface area contributed by atoms with Crippen LogP contribution in [0.2, 0.25) is 0 Å². The van der Waals surface area contributed by atoms with Gasteiger partial charge in [0, 0.05) is 31.7 Å². The van der Waals surface area contributed by atoms with Crippen LogP contribution >= 0.6 is 0 Å². The van der Waals surface area contributed by atoms with Crippen molar-refractivity contribution >= 4 is 16.7 Å². The Morgan fingerprint density at radius 3 is 2.58 bits per heavy atom. The Morgan fingerprint density at radius 1 is 1.06 bits per heavy atom. The molecule has 4 rings (SSSR count). The molecule has 2 aliphatic rings. The molecule has 5 heteroatoms. The lowest BCUT2D eigenvalue weighted by atomic mass is 10.0. The number of hydrogen-bond donors (Lipinski definition) is 2. The molecule has 2 fully saturated rings. The van der Waals surface area contributed by atoms with Gasteiger partial charge in [0.1, 0.15) is 0 Å². The van der Waals surface area contributed by atoms with Gasteiger partial charge in [-0.2, -0.15) is 0 Å². The fraction of sp³-hybridized carbons (Fsp3) is 0.577. The first-order valence-corrected chi connectivity index (χ1v) is 12.1. The van der Waals surface area contributed by atoms with Crippen molar-refractivity contribution in [1.29, 1.82) is 0 Å². The van der Waals surface area contributed by atoms with Gasteiger partial charge in [0.05, 0.1) is 6.04 Å². The van der Waals surface area contributed by atoms with Gasteiger partial charge in [-0.15, -0.1) is 0 Å². The Kier molecular flexibility index (Phi) is 7.59. The molecule has 2 aromatic carbocycles. The van der Waals surface area contributed by atoms with E-state index in [9.17, 15) is 4.79 Å². The van der Waals surface area contributed by atoms with Gasteiger partial charge in [0.25, 0.3) is 0 Å². The zero-order valence-electron chi connectivity index (χ0n) is 19.1. The molecular weight excluding hydrogens is 384 g/mol. The van der Waals surface area contributed by atoms with Crippen LogP contribution in [0, 0.1) is 0 Å². The van der Waals surface area contributed by atoms with E-state index in [1.807, 2.05) is 6.92 Å². The highest BCUT2D eigenvalue weighted by molar-refractivity contribution is 5.83. The van der Waals surface area contributed by atoms with Gasteiger partial charge in [0.15, 0.2) is 0 Å². The third-order valence-electron chi connectivity index (χ3n) is 6.97. The van der Waals surface area contributed by atoms with Crippen molar-refractivity contribution in [3.05, 3.63) is 48.0 Å². The molecule has 168 valence electrons. The molecular formula is C26H38N4O. The van der Waals surface area contributed by atoms with E-state index in [1.165, 1.54) is 42.1 Å². The molecule has 2 saturated heterocycles. The van der Waals surface area contributed by atoms with E-state index in [1.54, 1.807) is 0 Å². The summed E-state index contributed by atoms with van der Waals surface area (Å²) in [6, 6.07) is 16.1. The number of hydrogen-bond acceptors (Lipinski definition) is 4. The zero-order valence-corrected chi connectivity index (χ0v) is 19.1. The minimum Gasteiger partial charge on any atom is -0.355 e. The van der Waals surface area contributed by atoms with Crippen LogP contribution in [0.4, 0.5) is 0 Å². The van der Waals surface area contributed by atoms with Crippen molar-refractivity contribution in [3.8, 4) is 0 Å². The van der Waals surface area contributed by atoms with E-state index in [2.05, 4.69) is 69.8 Å². The number of likely N-dealkylation sites (tertiary alicyclic amines) is 2. The fourth-order valence-corrected chi connectivity index (χ4v) is 5.36. The maximum Gasteiger partial charge on any atom is 0.237 e. The Balaban J connectivity index is 1.38. The number of carbonyl (C=O) groups excluding carboxylic acids is 1. The zero-order chi connectivity index (χ0) is 21.6. The predicted octanol–water partition coefficient (Wildman–Crippen LogP) is 3.38. The lowest BCUT2D eigenvalue weighted by Gasteiger charge is -2.38. The lowest BCUT2D eigenvalue weighted by Crippen LogP contribution is -2.51. The van der Waals surface area contributed by atoms with Crippen molar-refractivity contribution in [2.45, 2.75) is 64.2 Å². The van der Waals surface area contributed by atoms with Gasteiger partial charge < -0.3 is 15.5 Å². The number of carbonyl (C=O) groups is 1. The van der Waals surface area contributed by atoms with Gasteiger partial charge in [0.2, 0.25) is 5.91 Å². The Morgan fingerprint density at radius 2 is 1.84 bits per heavy atom. The topological polar surface area (TPSA) is 47.6 Å². The second kappa shape index (κ2) is 10.6. The summed E-state index contributed by atoms with van der Waals surface area (Å²) in [6.45, 7) is 10.3. The van der Waals surface area contributed by atoms with Crippen molar-refractivity contribution < 1.29 is 4.79 Å². The highest BCUT2D eigenvalue weighted by Crippen LogP contribution is 2.27. The predicted molar refractivity (Wildman–Crippen MR) is 128 cm³/mol. The van der Waals surface area contributed by atoms with Gasteiger partial charge in [-0.1, -0.05) is 43.3 Å². The lowest BCUT2D eigenvalue weighted by molar-refractivity contribution is -0.126. The van der Waals surface area contributed by atoms with E-state index in [-0.39, 0.29) is 11.9 Å². The maximum absolute atomic E-state index is 12.8. The molecule has 0 saturated carbocycles. The van der Waals surface area contributed by atoms with Crippen LogP contribution < -0.4 is 10.6 Å². The summed E-state index contributed by atoms with van der Waals surface area (Å²) in [7, 11) is 0. The van der Waals surface area contributed by atoms with Gasteiger partial charge in [-0.3, -0.25) is 9.69 Å². The second-order valence-corrected chi connectivity index (χ2v) is 9.18. The van der Waals surface area contributed by atoms with E-state index in [0.29, 0.717) is 18.6 Å². The van der Waals surface area contributed by atoms with Gasteiger partial charge in [-0.05, 0) is 74.6 Å². The van der Waals surface area contributed by atoms with E-state index in [4.69, 9.17) is 0 Å². The summed E-state index contributed by atoms with van der Waals surface area (Å²) in [5.74, 6) is 0.202. The molecule has 0 spiro atoms. The van der Waals surface area contributed by atoms with E-state index < -0.39 is 0 Å². The monoisotopic (exact) mass is 422 g/mol. The van der Waals surface area contributed by atoms with Crippen LogP contribution in [0.1, 0.15) is 45.1 Å². The second-order valence-electron chi connectivity index (χ2n) is 9.18. The summed E-state index contributed by atoms with van der Waals surface area (Å²) in [5, 5.41) is 9.40. The van der Waals surface area contributed by atoms with Crippen molar-refractivity contribution in [2.75, 3.05) is 32.7 Å². The Labute approximate surface area is 187 Å². The first-order valence-electron chi connectivity index (χ1n) is 12.1. The van der Waals surface area contributed by atoms with Crippen molar-refractivity contribution in [1.82, 2.24) is 20.4 Å². The van der Waals surface area contributed by atoms with Crippen LogP contribution in [-0.4, -0.2) is 66.6 Å². The molecule has 0 radical (unpaired) electrons. The van der Waals surface area contributed by atoms with Crippen LogP contribution in [0.15, 0.2) is 42.5 Å². The molecule has 2 aromatic rings. The highest BCUT2D eigenvalue weighted by Gasteiger charge is 2.40. The molecule has 2 atom stereocenters. The van der Waals surface area contributed by atoms with Crippen molar-refractivity contribution in [3.63, 3.8) is 0 Å². The Hall–Kier alpha value is -1.95. The highest BCUT2D eigenvalue weighted by atomic mass is 16.2. The standard InChI is InChI=1S/C26H38N4O/c1-3-13-29-14-11-24(12-15-29)30-19-23(17-25(30)26(31)27-4-2)28-18-20-9-10-21-7-5-6-8-22(21)16-20/h5-10,16,23-25,28H,3-4,11-15,17-19H2,1-2H3,(H,27,31)/t23-,25+/m1/s1. The largest absolute Gasteiger partial charge is 0.355 e. The van der Waals surface area contributed by atoms with Crippen LogP contribution in [0.25, 0.3) is 10.8 Å². The first kappa shape index (κ1) is 22.3. The normalized spacial score (nSPS) is 23.4. The SMILES string of the molecule is CCCN1CCC(N2C[C@H](NCc3ccc4ccccc4c3)C[C@H]2C(=O)NCC)CC1. The molecule has 1 amide bonds.